The van der Waals surface area contributed by atoms with E-state index in [-0.39, 0.29) is 18.3 Å². The van der Waals surface area contributed by atoms with Crippen molar-refractivity contribution < 1.29 is 14.3 Å². The van der Waals surface area contributed by atoms with Gasteiger partial charge in [0, 0.05) is 31.7 Å². The van der Waals surface area contributed by atoms with Crippen LogP contribution in [0.2, 0.25) is 0 Å². The third kappa shape index (κ3) is 2.94. The van der Waals surface area contributed by atoms with Crippen LogP contribution in [0.3, 0.4) is 0 Å². The van der Waals surface area contributed by atoms with Crippen LogP contribution >= 0.6 is 12.4 Å². The summed E-state index contributed by atoms with van der Waals surface area (Å²) >= 11 is 0. The molecule has 2 atom stereocenters. The van der Waals surface area contributed by atoms with E-state index in [0.717, 1.165) is 26.2 Å². The summed E-state index contributed by atoms with van der Waals surface area (Å²) in [6, 6.07) is 5.34. The summed E-state index contributed by atoms with van der Waals surface area (Å²) in [5, 5.41) is 3.38. The van der Waals surface area contributed by atoms with Crippen molar-refractivity contribution in [2.75, 3.05) is 40.4 Å². The standard InChI is InChI=1S/C15H20N2O3.ClH/c1-19-13-4-3-10(5-14(13)20-2)15(18)17-8-11-6-16-7-12(11)9-17;/h3-5,11-12,16H,6-9H2,1-2H3;1H/t11-,12+;. The first kappa shape index (κ1) is 15.9. The van der Waals surface area contributed by atoms with Crippen molar-refractivity contribution >= 4 is 18.3 Å². The molecule has 1 amide bonds. The lowest BCUT2D eigenvalue weighted by Crippen LogP contribution is -2.31. The lowest BCUT2D eigenvalue weighted by molar-refractivity contribution is 0.0781. The monoisotopic (exact) mass is 312 g/mol. The number of carbonyl (C=O) groups excluding carboxylic acids is 1. The lowest BCUT2D eigenvalue weighted by Gasteiger charge is -2.18. The number of amides is 1. The minimum atomic E-state index is 0. The Labute approximate surface area is 131 Å². The van der Waals surface area contributed by atoms with Gasteiger partial charge in [0.1, 0.15) is 0 Å². The predicted octanol–water partition coefficient (Wildman–Crippen LogP) is 1.42. The molecule has 5 nitrogen and oxygen atoms in total. The number of hydrogen-bond donors (Lipinski definition) is 1. The van der Waals surface area contributed by atoms with Crippen molar-refractivity contribution in [3.05, 3.63) is 23.8 Å². The highest BCUT2D eigenvalue weighted by molar-refractivity contribution is 5.95. The van der Waals surface area contributed by atoms with E-state index >= 15 is 0 Å². The number of nitrogens with one attached hydrogen (secondary N) is 1. The van der Waals surface area contributed by atoms with E-state index in [1.807, 2.05) is 4.90 Å². The van der Waals surface area contributed by atoms with Gasteiger partial charge in [0.05, 0.1) is 14.2 Å². The lowest BCUT2D eigenvalue weighted by atomic mass is 10.0. The molecule has 0 unspecified atom stereocenters. The Morgan fingerprint density at radius 1 is 1.14 bits per heavy atom. The molecular weight excluding hydrogens is 292 g/mol. The van der Waals surface area contributed by atoms with Crippen LogP contribution in [0.15, 0.2) is 18.2 Å². The van der Waals surface area contributed by atoms with Gasteiger partial charge in [0.25, 0.3) is 5.91 Å². The van der Waals surface area contributed by atoms with Crippen LogP contribution in [0.25, 0.3) is 0 Å². The molecule has 1 aromatic carbocycles. The predicted molar refractivity (Wildman–Crippen MR) is 82.5 cm³/mol. The molecule has 1 aromatic rings. The smallest absolute Gasteiger partial charge is 0.254 e. The zero-order valence-electron chi connectivity index (χ0n) is 12.3. The molecule has 0 aromatic heterocycles. The molecule has 0 saturated carbocycles. The maximum absolute atomic E-state index is 12.6. The van der Waals surface area contributed by atoms with Gasteiger partial charge in [-0.05, 0) is 30.0 Å². The highest BCUT2D eigenvalue weighted by Gasteiger charge is 2.38. The number of rotatable bonds is 3. The van der Waals surface area contributed by atoms with Crippen LogP contribution in [-0.2, 0) is 0 Å². The molecule has 0 radical (unpaired) electrons. The summed E-state index contributed by atoms with van der Waals surface area (Å²) in [5.41, 5.74) is 0.663. The summed E-state index contributed by atoms with van der Waals surface area (Å²) in [5.74, 6) is 2.55. The summed E-state index contributed by atoms with van der Waals surface area (Å²) < 4.78 is 10.5. The van der Waals surface area contributed by atoms with Gasteiger partial charge in [-0.25, -0.2) is 0 Å². The molecule has 21 heavy (non-hydrogen) atoms. The summed E-state index contributed by atoms with van der Waals surface area (Å²) in [6.45, 7) is 3.76. The van der Waals surface area contributed by atoms with Crippen molar-refractivity contribution in [2.45, 2.75) is 0 Å². The molecule has 0 spiro atoms. The van der Waals surface area contributed by atoms with E-state index in [1.54, 1.807) is 32.4 Å². The summed E-state index contributed by atoms with van der Waals surface area (Å²) in [7, 11) is 3.17. The van der Waals surface area contributed by atoms with Crippen LogP contribution in [0.1, 0.15) is 10.4 Å². The molecular formula is C15H21ClN2O3. The molecule has 2 aliphatic rings. The number of nitrogens with zero attached hydrogens (tertiary/aromatic N) is 1. The number of likely N-dealkylation sites (tertiary alicyclic amines) is 1. The normalized spacial score (nSPS) is 23.4. The number of methoxy groups -OCH3 is 2. The largest absolute Gasteiger partial charge is 0.493 e. The Kier molecular flexibility index (Phi) is 4.96. The summed E-state index contributed by atoms with van der Waals surface area (Å²) in [6.07, 6.45) is 0. The number of carbonyl (C=O) groups is 1. The van der Waals surface area contributed by atoms with Crippen molar-refractivity contribution in [2.24, 2.45) is 11.8 Å². The second-order valence-electron chi connectivity index (χ2n) is 5.46. The van der Waals surface area contributed by atoms with Crippen LogP contribution < -0.4 is 14.8 Å². The molecule has 2 heterocycles. The Hall–Kier alpha value is -1.46. The SMILES string of the molecule is COc1ccc(C(=O)N2C[C@H]3CNC[C@H]3C2)cc1OC.Cl. The highest BCUT2D eigenvalue weighted by Crippen LogP contribution is 2.31. The van der Waals surface area contributed by atoms with E-state index < -0.39 is 0 Å². The van der Waals surface area contributed by atoms with Crippen LogP contribution in [-0.4, -0.2) is 51.2 Å². The average Bonchev–Trinajstić information content (AvgIpc) is 3.06. The van der Waals surface area contributed by atoms with Crippen molar-refractivity contribution in [3.63, 3.8) is 0 Å². The third-order valence-corrected chi connectivity index (χ3v) is 4.31. The fraction of sp³-hybridized carbons (Fsp3) is 0.533. The number of ether oxygens (including phenoxy) is 2. The molecule has 1 N–H and O–H groups in total. The quantitative estimate of drug-likeness (QED) is 0.917. The number of benzene rings is 1. The van der Waals surface area contributed by atoms with Gasteiger partial charge in [-0.2, -0.15) is 0 Å². The van der Waals surface area contributed by atoms with Crippen molar-refractivity contribution in [3.8, 4) is 11.5 Å². The summed E-state index contributed by atoms with van der Waals surface area (Å²) in [4.78, 5) is 14.5. The average molecular weight is 313 g/mol. The van der Waals surface area contributed by atoms with Crippen molar-refractivity contribution in [1.29, 1.82) is 0 Å². The van der Waals surface area contributed by atoms with Crippen molar-refractivity contribution in [1.82, 2.24) is 10.2 Å². The fourth-order valence-corrected chi connectivity index (χ4v) is 3.17. The van der Waals surface area contributed by atoms with E-state index in [0.29, 0.717) is 28.9 Å². The van der Waals surface area contributed by atoms with E-state index in [2.05, 4.69) is 5.32 Å². The topological polar surface area (TPSA) is 50.8 Å². The molecule has 3 rings (SSSR count). The van der Waals surface area contributed by atoms with Gasteiger partial charge in [-0.3, -0.25) is 4.79 Å². The highest BCUT2D eigenvalue weighted by atomic mass is 35.5. The Morgan fingerprint density at radius 2 is 1.76 bits per heavy atom. The molecule has 2 aliphatic heterocycles. The van der Waals surface area contributed by atoms with E-state index in [9.17, 15) is 4.79 Å². The van der Waals surface area contributed by atoms with E-state index in [4.69, 9.17) is 9.47 Å². The fourth-order valence-electron chi connectivity index (χ4n) is 3.17. The number of halogens is 1. The minimum absolute atomic E-state index is 0. The first-order chi connectivity index (χ1) is 9.72. The zero-order valence-corrected chi connectivity index (χ0v) is 13.1. The van der Waals surface area contributed by atoms with Gasteiger partial charge >= 0.3 is 0 Å². The maximum atomic E-state index is 12.6. The minimum Gasteiger partial charge on any atom is -0.493 e. The molecule has 2 fully saturated rings. The Morgan fingerprint density at radius 3 is 2.33 bits per heavy atom. The Bertz CT molecular complexity index is 512. The van der Waals surface area contributed by atoms with Gasteiger partial charge in [0.2, 0.25) is 0 Å². The van der Waals surface area contributed by atoms with Crippen LogP contribution in [0, 0.1) is 11.8 Å². The molecule has 6 heteroatoms. The third-order valence-electron chi connectivity index (χ3n) is 4.31. The van der Waals surface area contributed by atoms with Crippen LogP contribution in [0.5, 0.6) is 11.5 Å². The number of fused-ring (bicyclic) bond motifs is 1. The first-order valence-electron chi connectivity index (χ1n) is 6.95. The zero-order chi connectivity index (χ0) is 14.1. The van der Waals surface area contributed by atoms with Gasteiger partial charge in [-0.1, -0.05) is 0 Å². The number of hydrogen-bond acceptors (Lipinski definition) is 4. The second kappa shape index (κ2) is 6.54. The molecule has 2 saturated heterocycles. The Balaban J connectivity index is 0.00000161. The molecule has 0 aliphatic carbocycles. The second-order valence-corrected chi connectivity index (χ2v) is 5.46. The van der Waals surface area contributed by atoms with Gasteiger partial charge < -0.3 is 19.7 Å². The van der Waals surface area contributed by atoms with Gasteiger partial charge in [0.15, 0.2) is 11.5 Å². The maximum Gasteiger partial charge on any atom is 0.254 e. The molecule has 116 valence electrons. The van der Waals surface area contributed by atoms with E-state index in [1.165, 1.54) is 0 Å². The van der Waals surface area contributed by atoms with Crippen LogP contribution in [0.4, 0.5) is 0 Å². The molecule has 0 bridgehead atoms. The first-order valence-corrected chi connectivity index (χ1v) is 6.95. The van der Waals surface area contributed by atoms with Gasteiger partial charge in [-0.15, -0.1) is 12.4 Å².